The van der Waals surface area contributed by atoms with E-state index in [-0.39, 0.29) is 0 Å². The molecule has 0 spiro atoms. The summed E-state index contributed by atoms with van der Waals surface area (Å²) in [6.07, 6.45) is 0. The molecule has 49 heavy (non-hydrogen) atoms. The number of para-hydroxylation sites is 3. The molecular formula is C45H28N4. The van der Waals surface area contributed by atoms with Crippen LogP contribution in [0.2, 0.25) is 0 Å². The second-order valence-corrected chi connectivity index (χ2v) is 12.4. The van der Waals surface area contributed by atoms with Gasteiger partial charge in [0.1, 0.15) is 0 Å². The first-order chi connectivity index (χ1) is 24.3. The summed E-state index contributed by atoms with van der Waals surface area (Å²) in [5.74, 6) is 0.702. The first-order valence-corrected chi connectivity index (χ1v) is 16.5. The van der Waals surface area contributed by atoms with Crippen molar-refractivity contribution in [3.8, 4) is 39.6 Å². The summed E-state index contributed by atoms with van der Waals surface area (Å²) in [7, 11) is 0. The minimum atomic E-state index is 0.702. The maximum atomic E-state index is 5.33. The average Bonchev–Trinajstić information content (AvgIpc) is 3.51. The average molecular weight is 625 g/mol. The molecule has 10 rings (SSSR count). The van der Waals surface area contributed by atoms with Crippen molar-refractivity contribution in [3.63, 3.8) is 0 Å². The molecule has 0 aliphatic rings. The van der Waals surface area contributed by atoms with Gasteiger partial charge in [0.2, 0.25) is 0 Å². The Kier molecular flexibility index (Phi) is 6.15. The molecule has 228 valence electrons. The van der Waals surface area contributed by atoms with Crippen LogP contribution in [-0.2, 0) is 0 Å². The molecule has 0 saturated carbocycles. The van der Waals surface area contributed by atoms with E-state index in [1.165, 1.54) is 21.8 Å². The van der Waals surface area contributed by atoms with Crippen molar-refractivity contribution in [3.05, 3.63) is 170 Å². The van der Waals surface area contributed by atoms with Crippen molar-refractivity contribution in [2.45, 2.75) is 0 Å². The molecule has 0 fully saturated rings. The van der Waals surface area contributed by atoms with Gasteiger partial charge >= 0.3 is 0 Å². The van der Waals surface area contributed by atoms with Gasteiger partial charge < -0.3 is 4.57 Å². The number of fused-ring (bicyclic) bond motifs is 7. The molecule has 0 bridgehead atoms. The van der Waals surface area contributed by atoms with Crippen molar-refractivity contribution in [2.75, 3.05) is 0 Å². The van der Waals surface area contributed by atoms with E-state index in [1.54, 1.807) is 0 Å². The van der Waals surface area contributed by atoms with Gasteiger partial charge in [0, 0.05) is 49.3 Å². The molecule has 10 aromatic rings. The molecule has 0 saturated heterocycles. The fraction of sp³-hybridized carbons (Fsp3) is 0. The van der Waals surface area contributed by atoms with Gasteiger partial charge in [-0.15, -0.1) is 0 Å². The van der Waals surface area contributed by atoms with Crippen LogP contribution in [0.25, 0.3) is 94.0 Å². The fourth-order valence-corrected chi connectivity index (χ4v) is 7.31. The molecule has 4 nitrogen and oxygen atoms in total. The van der Waals surface area contributed by atoms with E-state index < -0.39 is 0 Å². The molecule has 3 heterocycles. The van der Waals surface area contributed by atoms with Crippen molar-refractivity contribution in [2.24, 2.45) is 0 Å². The van der Waals surface area contributed by atoms with Crippen molar-refractivity contribution in [1.29, 1.82) is 0 Å². The van der Waals surface area contributed by atoms with Gasteiger partial charge in [-0.3, -0.25) is 0 Å². The molecule has 4 heteroatoms. The third-order valence-corrected chi connectivity index (χ3v) is 9.57. The summed E-state index contributed by atoms with van der Waals surface area (Å²) in [4.78, 5) is 15.5. The molecule has 0 aliphatic carbocycles. The third-order valence-electron chi connectivity index (χ3n) is 9.57. The molecular weight excluding hydrogens is 597 g/mol. The minimum Gasteiger partial charge on any atom is -0.309 e. The van der Waals surface area contributed by atoms with Crippen LogP contribution in [0.1, 0.15) is 0 Å². The zero-order valence-electron chi connectivity index (χ0n) is 26.5. The summed E-state index contributed by atoms with van der Waals surface area (Å²) in [5, 5.41) is 6.82. The molecule has 0 atom stereocenters. The molecule has 0 unspecified atom stereocenters. The first-order valence-electron chi connectivity index (χ1n) is 16.5. The summed E-state index contributed by atoms with van der Waals surface area (Å²) < 4.78 is 2.35. The first kappa shape index (κ1) is 27.5. The second kappa shape index (κ2) is 11.0. The minimum absolute atomic E-state index is 0.702. The highest BCUT2D eigenvalue weighted by atomic mass is 15.0. The Labute approximate surface area is 282 Å². The van der Waals surface area contributed by atoms with Gasteiger partial charge in [-0.1, -0.05) is 115 Å². The largest absolute Gasteiger partial charge is 0.309 e. The van der Waals surface area contributed by atoms with Gasteiger partial charge in [0.25, 0.3) is 0 Å². The number of aromatic nitrogens is 4. The number of benzene rings is 7. The van der Waals surface area contributed by atoms with Crippen LogP contribution >= 0.6 is 0 Å². The van der Waals surface area contributed by atoms with E-state index in [0.717, 1.165) is 66.3 Å². The van der Waals surface area contributed by atoms with E-state index in [1.807, 2.05) is 18.2 Å². The van der Waals surface area contributed by atoms with Gasteiger partial charge in [-0.2, -0.15) is 0 Å². The van der Waals surface area contributed by atoms with Gasteiger partial charge in [0.15, 0.2) is 5.82 Å². The number of hydrogen-bond donors (Lipinski definition) is 0. The van der Waals surface area contributed by atoms with Gasteiger partial charge in [0.05, 0.1) is 33.5 Å². The molecule has 7 aromatic carbocycles. The quantitative estimate of drug-likeness (QED) is 0.183. The summed E-state index contributed by atoms with van der Waals surface area (Å²) >= 11 is 0. The molecule has 0 radical (unpaired) electrons. The molecule has 0 amide bonds. The molecule has 3 aromatic heterocycles. The predicted molar refractivity (Wildman–Crippen MR) is 203 cm³/mol. The Balaban J connectivity index is 1.16. The Hall–Kier alpha value is -6.65. The van der Waals surface area contributed by atoms with Crippen LogP contribution in [-0.4, -0.2) is 19.5 Å². The van der Waals surface area contributed by atoms with Crippen LogP contribution in [0.4, 0.5) is 0 Å². The predicted octanol–water partition coefficient (Wildman–Crippen LogP) is 11.4. The van der Waals surface area contributed by atoms with Crippen LogP contribution in [0.5, 0.6) is 0 Å². The van der Waals surface area contributed by atoms with Crippen molar-refractivity contribution >= 4 is 54.4 Å². The highest BCUT2D eigenvalue weighted by molar-refractivity contribution is 6.14. The maximum Gasteiger partial charge on any atom is 0.160 e. The summed E-state index contributed by atoms with van der Waals surface area (Å²) in [6, 6.07) is 59.5. The fourth-order valence-electron chi connectivity index (χ4n) is 7.31. The lowest BCUT2D eigenvalue weighted by Crippen LogP contribution is -1.96. The lowest BCUT2D eigenvalue weighted by molar-refractivity contribution is 1.18. The SMILES string of the molecule is c1ccc(-c2nc(-c3ccc4nc(-c5ccc6c(c5)c5ccccc5n6-c5ccccc5)c5ccccc5c4c3)nc3ccccc23)cc1. The zero-order chi connectivity index (χ0) is 32.3. The van der Waals surface area contributed by atoms with Crippen LogP contribution in [0.15, 0.2) is 170 Å². The number of hydrogen-bond acceptors (Lipinski definition) is 3. The highest BCUT2D eigenvalue weighted by Crippen LogP contribution is 2.39. The third kappa shape index (κ3) is 4.42. The summed E-state index contributed by atoms with van der Waals surface area (Å²) in [5.41, 5.74) is 10.4. The maximum absolute atomic E-state index is 5.33. The standard InChI is InChI=1S/C45H28N4/c1-3-13-29(14-4-1)43-36-20-9-11-21-39(36)47-45(48-43)31-23-25-40-37(28-31)33-17-7-8-19-35(33)44(46-40)30-24-26-42-38(27-30)34-18-10-12-22-41(34)49(42)32-15-5-2-6-16-32/h1-28H. The monoisotopic (exact) mass is 624 g/mol. The Morgan fingerprint density at radius 3 is 1.76 bits per heavy atom. The normalized spacial score (nSPS) is 11.7. The Morgan fingerprint density at radius 1 is 0.327 bits per heavy atom. The lowest BCUT2D eigenvalue weighted by Gasteiger charge is -2.13. The second-order valence-electron chi connectivity index (χ2n) is 12.4. The van der Waals surface area contributed by atoms with Crippen molar-refractivity contribution < 1.29 is 0 Å². The smallest absolute Gasteiger partial charge is 0.160 e. The van der Waals surface area contributed by atoms with Crippen LogP contribution in [0, 0.1) is 0 Å². The number of nitrogens with zero attached hydrogens (tertiary/aromatic N) is 4. The van der Waals surface area contributed by atoms with E-state index in [9.17, 15) is 0 Å². The van der Waals surface area contributed by atoms with Gasteiger partial charge in [-0.05, 0) is 60.0 Å². The van der Waals surface area contributed by atoms with Gasteiger partial charge in [-0.25, -0.2) is 15.0 Å². The number of rotatable bonds is 4. The van der Waals surface area contributed by atoms with E-state index in [2.05, 4.69) is 156 Å². The van der Waals surface area contributed by atoms with Crippen LogP contribution in [0.3, 0.4) is 0 Å². The Bertz CT molecular complexity index is 2870. The van der Waals surface area contributed by atoms with E-state index in [0.29, 0.717) is 5.82 Å². The zero-order valence-corrected chi connectivity index (χ0v) is 26.5. The molecule has 0 N–H and O–H groups in total. The van der Waals surface area contributed by atoms with E-state index >= 15 is 0 Å². The molecule has 0 aliphatic heterocycles. The van der Waals surface area contributed by atoms with E-state index in [4.69, 9.17) is 15.0 Å². The lowest BCUT2D eigenvalue weighted by atomic mass is 9.97. The topological polar surface area (TPSA) is 43.6 Å². The Morgan fingerprint density at radius 2 is 0.918 bits per heavy atom. The van der Waals surface area contributed by atoms with Crippen molar-refractivity contribution in [1.82, 2.24) is 19.5 Å². The summed E-state index contributed by atoms with van der Waals surface area (Å²) in [6.45, 7) is 0. The number of pyridine rings is 1. The van der Waals surface area contributed by atoms with Crippen LogP contribution < -0.4 is 0 Å². The highest BCUT2D eigenvalue weighted by Gasteiger charge is 2.17.